The molecule has 0 unspecified atom stereocenters. The maximum absolute atomic E-state index is 12.7. The van der Waals surface area contributed by atoms with Gasteiger partial charge in [-0.2, -0.15) is 0 Å². The number of nitrogens with one attached hydrogen (secondary N) is 1. The Labute approximate surface area is 152 Å². The second-order valence-electron chi connectivity index (χ2n) is 7.12. The van der Waals surface area contributed by atoms with Crippen molar-refractivity contribution >= 4 is 33.2 Å². The van der Waals surface area contributed by atoms with Crippen LogP contribution in [0.15, 0.2) is 29.2 Å². The molecule has 0 bridgehead atoms. The highest BCUT2D eigenvalue weighted by atomic mass is 32.2. The van der Waals surface area contributed by atoms with Crippen molar-refractivity contribution in [2.45, 2.75) is 43.4 Å². The van der Waals surface area contributed by atoms with Crippen molar-refractivity contribution in [1.82, 2.24) is 4.90 Å². The molecule has 3 amide bonds. The molecule has 140 valence electrons. The summed E-state index contributed by atoms with van der Waals surface area (Å²) in [5, 5.41) is 2.51. The van der Waals surface area contributed by atoms with E-state index in [4.69, 9.17) is 0 Å². The van der Waals surface area contributed by atoms with Crippen molar-refractivity contribution in [3.05, 3.63) is 24.3 Å². The first kappa shape index (κ1) is 18.6. The number of rotatable bonds is 4. The van der Waals surface area contributed by atoms with E-state index in [0.717, 1.165) is 30.4 Å². The Balaban J connectivity index is 1.73. The van der Waals surface area contributed by atoms with Crippen LogP contribution in [0.25, 0.3) is 0 Å². The summed E-state index contributed by atoms with van der Waals surface area (Å²) in [4.78, 5) is 38.4. The third kappa shape index (κ3) is 3.51. The van der Waals surface area contributed by atoms with E-state index in [-0.39, 0.29) is 28.8 Å². The molecule has 2 aliphatic rings. The molecule has 7 nitrogen and oxygen atoms in total. The highest BCUT2D eigenvalue weighted by molar-refractivity contribution is 7.90. The highest BCUT2D eigenvalue weighted by Gasteiger charge is 2.51. The summed E-state index contributed by atoms with van der Waals surface area (Å²) in [7, 11) is -3.51. The second kappa shape index (κ2) is 6.83. The van der Waals surface area contributed by atoms with Crippen molar-refractivity contribution in [2.24, 2.45) is 5.41 Å². The molecule has 2 fully saturated rings. The number of carbonyl (C=O) groups is 3. The summed E-state index contributed by atoms with van der Waals surface area (Å²) in [6, 6.07) is 6.04. The minimum absolute atomic E-state index is 0.00354. The van der Waals surface area contributed by atoms with E-state index in [2.05, 4.69) is 5.32 Å². The van der Waals surface area contributed by atoms with E-state index in [1.54, 1.807) is 12.1 Å². The van der Waals surface area contributed by atoms with Gasteiger partial charge in [0.15, 0.2) is 9.84 Å². The number of sulfone groups is 1. The van der Waals surface area contributed by atoms with Gasteiger partial charge in [0.1, 0.15) is 6.54 Å². The van der Waals surface area contributed by atoms with Crippen molar-refractivity contribution < 1.29 is 22.8 Å². The predicted octanol–water partition coefficient (Wildman–Crippen LogP) is 1.74. The Bertz CT molecular complexity index is 856. The molecule has 0 atom stereocenters. The molecular weight excluding hydrogens is 356 g/mol. The third-order valence-electron chi connectivity index (χ3n) is 5.16. The van der Waals surface area contributed by atoms with Crippen LogP contribution in [0.3, 0.4) is 0 Å². The summed E-state index contributed by atoms with van der Waals surface area (Å²) in [6.07, 6.45) is 5.49. The lowest BCUT2D eigenvalue weighted by atomic mass is 9.73. The van der Waals surface area contributed by atoms with Gasteiger partial charge in [-0.25, -0.2) is 8.42 Å². The standard InChI is InChI=1S/C18H22N2O5S/c1-26(24,25)14-8-4-3-7-13(14)19-15(21)12-20-16(22)11-18(17(20)23)9-5-2-6-10-18/h3-4,7-8H,2,5-6,9-12H2,1H3,(H,19,21). The van der Waals surface area contributed by atoms with Crippen molar-refractivity contribution in [2.75, 3.05) is 18.1 Å². The van der Waals surface area contributed by atoms with Gasteiger partial charge in [0.05, 0.1) is 16.0 Å². The van der Waals surface area contributed by atoms with Gasteiger partial charge in [-0.1, -0.05) is 31.4 Å². The average Bonchev–Trinajstić information content (AvgIpc) is 2.79. The number of hydrogen-bond donors (Lipinski definition) is 1. The molecule has 8 heteroatoms. The van der Waals surface area contributed by atoms with Crippen LogP contribution in [-0.4, -0.2) is 43.8 Å². The molecule has 1 spiro atoms. The van der Waals surface area contributed by atoms with E-state index in [1.807, 2.05) is 0 Å². The first-order valence-electron chi connectivity index (χ1n) is 8.67. The quantitative estimate of drug-likeness (QED) is 0.804. The predicted molar refractivity (Wildman–Crippen MR) is 95.0 cm³/mol. The lowest BCUT2D eigenvalue weighted by Gasteiger charge is -2.30. The van der Waals surface area contributed by atoms with Crippen LogP contribution in [0, 0.1) is 5.41 Å². The lowest BCUT2D eigenvalue weighted by molar-refractivity contribution is -0.144. The third-order valence-corrected chi connectivity index (χ3v) is 6.32. The number of nitrogens with zero attached hydrogens (tertiary/aromatic N) is 1. The second-order valence-corrected chi connectivity index (χ2v) is 9.10. The molecule has 0 radical (unpaired) electrons. The van der Waals surface area contributed by atoms with Crippen molar-refractivity contribution in [3.8, 4) is 0 Å². The molecule has 0 aromatic heterocycles. The Hall–Kier alpha value is -2.22. The number of hydrogen-bond acceptors (Lipinski definition) is 5. The summed E-state index contributed by atoms with van der Waals surface area (Å²) in [6.45, 7) is -0.391. The van der Waals surface area contributed by atoms with Gasteiger partial charge in [-0.05, 0) is 25.0 Å². The molecule has 1 aliphatic heterocycles. The minimum Gasteiger partial charge on any atom is -0.323 e. The van der Waals surface area contributed by atoms with Crippen LogP contribution >= 0.6 is 0 Å². The van der Waals surface area contributed by atoms with Gasteiger partial charge in [0.2, 0.25) is 17.7 Å². The lowest BCUT2D eigenvalue weighted by Crippen LogP contribution is -2.41. The zero-order valence-corrected chi connectivity index (χ0v) is 15.5. The number of benzene rings is 1. The topological polar surface area (TPSA) is 101 Å². The van der Waals surface area contributed by atoms with Crippen LogP contribution < -0.4 is 5.32 Å². The number of carbonyl (C=O) groups excluding carboxylic acids is 3. The molecule has 1 aliphatic carbocycles. The number of para-hydroxylation sites is 1. The van der Waals surface area contributed by atoms with Gasteiger partial charge in [-0.15, -0.1) is 0 Å². The Kier molecular flexibility index (Phi) is 4.88. The summed E-state index contributed by atoms with van der Waals surface area (Å²) in [5.74, 6) is -1.19. The first-order valence-corrected chi connectivity index (χ1v) is 10.6. The van der Waals surface area contributed by atoms with E-state index in [1.165, 1.54) is 12.1 Å². The monoisotopic (exact) mass is 378 g/mol. The molecular formula is C18H22N2O5S. The maximum atomic E-state index is 12.7. The molecule has 1 aromatic rings. The largest absolute Gasteiger partial charge is 0.323 e. The average molecular weight is 378 g/mol. The fraction of sp³-hybridized carbons (Fsp3) is 0.500. The molecule has 1 saturated carbocycles. The van der Waals surface area contributed by atoms with Gasteiger partial charge in [0.25, 0.3) is 0 Å². The van der Waals surface area contributed by atoms with Crippen LogP contribution in [0.2, 0.25) is 0 Å². The number of imide groups is 1. The van der Waals surface area contributed by atoms with E-state index < -0.39 is 27.7 Å². The summed E-state index contributed by atoms with van der Waals surface area (Å²) in [5.41, 5.74) is -0.494. The highest BCUT2D eigenvalue weighted by Crippen LogP contribution is 2.45. The Morgan fingerprint density at radius 3 is 2.46 bits per heavy atom. The molecule has 1 heterocycles. The van der Waals surface area contributed by atoms with Gasteiger partial charge >= 0.3 is 0 Å². The summed E-state index contributed by atoms with van der Waals surface area (Å²) < 4.78 is 23.6. The zero-order chi connectivity index (χ0) is 18.9. The van der Waals surface area contributed by atoms with Crippen LogP contribution in [-0.2, 0) is 24.2 Å². The number of likely N-dealkylation sites (tertiary alicyclic amines) is 1. The molecule has 3 rings (SSSR count). The Morgan fingerprint density at radius 1 is 1.15 bits per heavy atom. The smallest absolute Gasteiger partial charge is 0.244 e. The van der Waals surface area contributed by atoms with Crippen LogP contribution in [0.1, 0.15) is 38.5 Å². The van der Waals surface area contributed by atoms with Crippen LogP contribution in [0.5, 0.6) is 0 Å². The first-order chi connectivity index (χ1) is 12.2. The SMILES string of the molecule is CS(=O)(=O)c1ccccc1NC(=O)CN1C(=O)CC2(CCCCC2)C1=O. The van der Waals surface area contributed by atoms with Gasteiger partial charge in [0, 0.05) is 12.7 Å². The van der Waals surface area contributed by atoms with E-state index >= 15 is 0 Å². The van der Waals surface area contributed by atoms with Crippen molar-refractivity contribution in [1.29, 1.82) is 0 Å². The van der Waals surface area contributed by atoms with Crippen LogP contribution in [0.4, 0.5) is 5.69 Å². The zero-order valence-electron chi connectivity index (χ0n) is 14.7. The number of anilines is 1. The normalized spacial score (nSPS) is 19.8. The van der Waals surface area contributed by atoms with E-state index in [0.29, 0.717) is 12.8 Å². The molecule has 1 saturated heterocycles. The molecule has 1 aromatic carbocycles. The van der Waals surface area contributed by atoms with E-state index in [9.17, 15) is 22.8 Å². The molecule has 1 N–H and O–H groups in total. The molecule has 26 heavy (non-hydrogen) atoms. The van der Waals surface area contributed by atoms with Gasteiger partial charge < -0.3 is 5.32 Å². The van der Waals surface area contributed by atoms with Crippen molar-refractivity contribution in [3.63, 3.8) is 0 Å². The Morgan fingerprint density at radius 2 is 1.81 bits per heavy atom. The minimum atomic E-state index is -3.51. The fourth-order valence-corrected chi connectivity index (χ4v) is 4.71. The van der Waals surface area contributed by atoms with Gasteiger partial charge in [-0.3, -0.25) is 19.3 Å². The number of amides is 3. The summed E-state index contributed by atoms with van der Waals surface area (Å²) >= 11 is 0. The maximum Gasteiger partial charge on any atom is 0.244 e. The fourth-order valence-electron chi connectivity index (χ4n) is 3.87.